The first-order valence-electron chi connectivity index (χ1n) is 6.71. The molecule has 1 aliphatic rings. The highest BCUT2D eigenvalue weighted by Gasteiger charge is 2.41. The zero-order chi connectivity index (χ0) is 18.2. The molecular formula is C12H14F3NO5S3. The quantitative estimate of drug-likeness (QED) is 0.703. The molecule has 0 radical (unpaired) electrons. The summed E-state index contributed by atoms with van der Waals surface area (Å²) in [6, 6.07) is 5.77. The lowest BCUT2D eigenvalue weighted by atomic mass is 10.3. The maximum absolute atomic E-state index is 12.2. The zero-order valence-electron chi connectivity index (χ0n) is 12.4. The zero-order valence-corrected chi connectivity index (χ0v) is 14.8. The van der Waals surface area contributed by atoms with Gasteiger partial charge in [-0.2, -0.15) is 13.2 Å². The number of benzene rings is 1. The summed E-state index contributed by atoms with van der Waals surface area (Å²) >= 11 is 0. The van der Waals surface area contributed by atoms with Crippen molar-refractivity contribution in [1.29, 1.82) is 0 Å². The fourth-order valence-corrected chi connectivity index (χ4v) is 6.48. The molecule has 1 aromatic carbocycles. The first-order valence-corrected chi connectivity index (χ1v) is 11.0. The summed E-state index contributed by atoms with van der Waals surface area (Å²) in [5, 5.41) is 0.507. The van der Waals surface area contributed by atoms with Crippen molar-refractivity contribution in [3.05, 3.63) is 28.4 Å². The molecule has 0 spiro atoms. The van der Waals surface area contributed by atoms with Crippen LogP contribution in [0.5, 0.6) is 5.75 Å². The fraction of sp³-hybridized carbons (Fsp3) is 0.500. The Labute approximate surface area is 141 Å². The van der Waals surface area contributed by atoms with Gasteiger partial charge in [0.05, 0.1) is 0 Å². The maximum Gasteiger partial charge on any atom is 0.480 e. The Morgan fingerprint density at radius 1 is 1.17 bits per heavy atom. The second kappa shape index (κ2) is 6.73. The summed E-state index contributed by atoms with van der Waals surface area (Å²) in [4.78, 5) is 0.990. The van der Waals surface area contributed by atoms with E-state index in [0.717, 1.165) is 23.5 Å². The summed E-state index contributed by atoms with van der Waals surface area (Å²) in [5.41, 5.74) is -5.81. The van der Waals surface area contributed by atoms with E-state index in [1.807, 2.05) is 4.13 Å². The van der Waals surface area contributed by atoms with E-state index in [-0.39, 0.29) is 16.6 Å². The molecule has 0 aliphatic carbocycles. The molecule has 6 nitrogen and oxygen atoms in total. The van der Waals surface area contributed by atoms with Gasteiger partial charge in [-0.3, -0.25) is 0 Å². The van der Waals surface area contributed by atoms with Gasteiger partial charge in [0.1, 0.15) is 16.8 Å². The third-order valence-electron chi connectivity index (χ3n) is 3.27. The summed E-state index contributed by atoms with van der Waals surface area (Å²) < 4.78 is 86.9. The van der Waals surface area contributed by atoms with E-state index >= 15 is 0 Å². The summed E-state index contributed by atoms with van der Waals surface area (Å²) in [5.74, 6) is 0.717. The minimum Gasteiger partial charge on any atom is -0.395 e. The topological polar surface area (TPSA) is 91.6 Å². The molecule has 1 heterocycles. The van der Waals surface area contributed by atoms with E-state index < -0.39 is 25.8 Å². The van der Waals surface area contributed by atoms with Crippen molar-refractivity contribution in [2.45, 2.75) is 35.4 Å². The molecule has 0 bridgehead atoms. The van der Waals surface area contributed by atoms with E-state index in [4.69, 9.17) is 0 Å². The second-order valence-electron chi connectivity index (χ2n) is 5.06. The SMILES string of the molecule is CC1CCC[S+]1c1ccc(OS(=O)(=O)[N-]S(=O)(=O)C(F)(F)F)cc1. The average molecular weight is 405 g/mol. The monoisotopic (exact) mass is 405 g/mol. The van der Waals surface area contributed by atoms with Gasteiger partial charge in [-0.15, -0.1) is 0 Å². The van der Waals surface area contributed by atoms with Gasteiger partial charge in [0.15, 0.2) is 14.9 Å². The standard InChI is InChI=1S/C12H14F3NO5S3/c1-9-3-2-8-22(9)11-6-4-10(5-7-11)21-24(19,20)16-23(17,18)12(13,14)15/h4-7,9H,2-3,8H2,1H3. The van der Waals surface area contributed by atoms with E-state index in [9.17, 15) is 30.0 Å². The predicted octanol–water partition coefficient (Wildman–Crippen LogP) is 2.69. The highest BCUT2D eigenvalue weighted by atomic mass is 32.3. The molecule has 1 aliphatic heterocycles. The van der Waals surface area contributed by atoms with Gasteiger partial charge in [-0.1, -0.05) is 0 Å². The predicted molar refractivity (Wildman–Crippen MR) is 83.5 cm³/mol. The van der Waals surface area contributed by atoms with Crippen molar-refractivity contribution >= 4 is 31.2 Å². The van der Waals surface area contributed by atoms with Crippen molar-refractivity contribution < 1.29 is 34.2 Å². The van der Waals surface area contributed by atoms with Crippen molar-refractivity contribution in [1.82, 2.24) is 0 Å². The number of sulfonamides is 1. The van der Waals surface area contributed by atoms with Gasteiger partial charge < -0.3 is 8.31 Å². The van der Waals surface area contributed by atoms with E-state index in [2.05, 4.69) is 11.1 Å². The van der Waals surface area contributed by atoms with Crippen LogP contribution in [0.1, 0.15) is 19.8 Å². The highest BCUT2D eigenvalue weighted by molar-refractivity contribution is 8.10. The third-order valence-corrected chi connectivity index (χ3v) is 8.59. The van der Waals surface area contributed by atoms with Crippen molar-refractivity contribution in [2.75, 3.05) is 5.75 Å². The lowest BCUT2D eigenvalue weighted by Gasteiger charge is -2.21. The number of halogens is 3. The molecule has 1 aromatic rings. The first-order chi connectivity index (χ1) is 10.9. The summed E-state index contributed by atoms with van der Waals surface area (Å²) in [6.07, 6.45) is 2.20. The molecule has 136 valence electrons. The maximum atomic E-state index is 12.2. The Kier molecular flexibility index (Phi) is 5.43. The molecule has 2 rings (SSSR count). The molecule has 24 heavy (non-hydrogen) atoms. The van der Waals surface area contributed by atoms with Crippen LogP contribution in [0.15, 0.2) is 29.2 Å². The van der Waals surface area contributed by atoms with Crippen LogP contribution in [-0.2, 0) is 31.2 Å². The van der Waals surface area contributed by atoms with Crippen LogP contribution in [0.3, 0.4) is 0 Å². The van der Waals surface area contributed by atoms with Gasteiger partial charge in [-0.25, -0.2) is 16.8 Å². The van der Waals surface area contributed by atoms with Crippen molar-refractivity contribution in [2.24, 2.45) is 0 Å². The Morgan fingerprint density at radius 2 is 1.75 bits per heavy atom. The summed E-state index contributed by atoms with van der Waals surface area (Å²) in [6.45, 7) is 2.12. The van der Waals surface area contributed by atoms with E-state index in [1.165, 1.54) is 12.1 Å². The van der Waals surface area contributed by atoms with Crippen molar-refractivity contribution in [3.8, 4) is 5.75 Å². The minimum atomic E-state index is -6.19. The molecule has 0 saturated carbocycles. The van der Waals surface area contributed by atoms with Gasteiger partial charge in [0.2, 0.25) is 10.3 Å². The third kappa shape index (κ3) is 4.55. The fourth-order valence-electron chi connectivity index (χ4n) is 2.19. The molecule has 0 amide bonds. The number of alkyl halides is 3. The van der Waals surface area contributed by atoms with Gasteiger partial charge in [0.25, 0.3) is 0 Å². The van der Waals surface area contributed by atoms with Gasteiger partial charge >= 0.3 is 5.51 Å². The van der Waals surface area contributed by atoms with Crippen LogP contribution in [0, 0.1) is 0 Å². The second-order valence-corrected chi connectivity index (χ2v) is 10.6. The normalized spacial score (nSPS) is 22.5. The largest absolute Gasteiger partial charge is 0.480 e. The van der Waals surface area contributed by atoms with Crippen LogP contribution in [0.2, 0.25) is 0 Å². The Balaban J connectivity index is 2.10. The molecule has 1 fully saturated rings. The number of hydrogen-bond donors (Lipinski definition) is 0. The molecule has 2 unspecified atom stereocenters. The first kappa shape index (κ1) is 19.3. The molecule has 1 saturated heterocycles. The Bertz CT molecular complexity index is 790. The lowest BCUT2D eigenvalue weighted by Crippen LogP contribution is -2.25. The lowest BCUT2D eigenvalue weighted by molar-refractivity contribution is -0.0425. The highest BCUT2D eigenvalue weighted by Crippen LogP contribution is 2.32. The molecule has 2 atom stereocenters. The van der Waals surface area contributed by atoms with Crippen LogP contribution in [0.25, 0.3) is 4.13 Å². The Morgan fingerprint density at radius 3 is 2.21 bits per heavy atom. The smallest absolute Gasteiger partial charge is 0.395 e. The molecule has 0 aromatic heterocycles. The molecule has 0 N–H and O–H groups in total. The summed E-state index contributed by atoms with van der Waals surface area (Å²) in [7, 11) is -11.5. The van der Waals surface area contributed by atoms with Crippen LogP contribution in [-0.4, -0.2) is 33.3 Å². The molecular weight excluding hydrogens is 391 g/mol. The molecule has 12 heteroatoms. The van der Waals surface area contributed by atoms with Crippen LogP contribution in [0.4, 0.5) is 13.2 Å². The minimum absolute atomic E-state index is 0.0324. The van der Waals surface area contributed by atoms with Crippen LogP contribution >= 0.6 is 0 Å². The van der Waals surface area contributed by atoms with E-state index in [1.54, 1.807) is 12.1 Å². The number of nitrogens with zero attached hydrogens (tertiary/aromatic N) is 1. The van der Waals surface area contributed by atoms with Crippen molar-refractivity contribution in [3.63, 3.8) is 0 Å². The Hall–Kier alpha value is -0.980. The average Bonchev–Trinajstić information content (AvgIpc) is 2.83. The number of hydrogen-bond acceptors (Lipinski definition) is 5. The van der Waals surface area contributed by atoms with Crippen LogP contribution < -0.4 is 4.18 Å². The van der Waals surface area contributed by atoms with Gasteiger partial charge in [0, 0.05) is 10.9 Å². The van der Waals surface area contributed by atoms with E-state index in [0.29, 0.717) is 5.25 Å². The van der Waals surface area contributed by atoms with Gasteiger partial charge in [-0.05, 0) is 44.0 Å². The number of rotatable bonds is 5.